The van der Waals surface area contributed by atoms with E-state index in [1.54, 1.807) is 0 Å². The Morgan fingerprint density at radius 3 is 3.33 bits per heavy atom. The van der Waals surface area contributed by atoms with Crippen LogP contribution in [0.4, 0.5) is 0 Å². The van der Waals surface area contributed by atoms with E-state index in [1.165, 1.54) is 0 Å². The number of oxime groups is 1. The molecule has 0 aromatic heterocycles. The van der Waals surface area contributed by atoms with Crippen molar-refractivity contribution in [3.63, 3.8) is 0 Å². The van der Waals surface area contributed by atoms with Gasteiger partial charge in [-0.3, -0.25) is 10.2 Å². The first-order chi connectivity index (χ1) is 5.77. The third-order valence-corrected chi connectivity index (χ3v) is 1.39. The molecule has 0 aromatic carbocycles. The maximum absolute atomic E-state index is 10.9. The number of nitrogens with one attached hydrogen (secondary N) is 1. The lowest BCUT2D eigenvalue weighted by Crippen LogP contribution is -2.36. The third-order valence-electron chi connectivity index (χ3n) is 1.39. The van der Waals surface area contributed by atoms with E-state index in [0.29, 0.717) is 13.0 Å². The number of hydrogen-bond donors (Lipinski definition) is 2. The molecule has 1 aliphatic heterocycles. The number of hydrazine groups is 1. The summed E-state index contributed by atoms with van der Waals surface area (Å²) in [6.07, 6.45) is -0.0982. The van der Waals surface area contributed by atoms with Crippen molar-refractivity contribution in [3.8, 4) is 0 Å². The minimum absolute atomic E-state index is 0.260. The molecule has 1 amide bonds. The molecular formula is C6H11N3O3. The second-order valence-corrected chi connectivity index (χ2v) is 2.21. The predicted octanol–water partition coefficient (Wildman–Crippen LogP) is -0.885. The molecule has 0 saturated carbocycles. The number of ether oxygens (including phenoxy) is 1. The summed E-state index contributed by atoms with van der Waals surface area (Å²) in [5.74, 6) is 4.46. The molecule has 0 aliphatic carbocycles. The van der Waals surface area contributed by atoms with E-state index < -0.39 is 12.2 Å². The van der Waals surface area contributed by atoms with Gasteiger partial charge in [0, 0.05) is 6.61 Å². The molecule has 12 heavy (non-hydrogen) atoms. The quantitative estimate of drug-likeness (QED) is 0.329. The third kappa shape index (κ3) is 1.93. The second-order valence-electron chi connectivity index (χ2n) is 2.21. The van der Waals surface area contributed by atoms with Crippen LogP contribution in [-0.4, -0.2) is 24.5 Å². The Morgan fingerprint density at radius 1 is 2.00 bits per heavy atom. The Balaban J connectivity index is 2.38. The lowest BCUT2D eigenvalue weighted by molar-refractivity contribution is -0.120. The maximum Gasteiger partial charge on any atom is 0.283 e. The maximum atomic E-state index is 10.9. The highest BCUT2D eigenvalue weighted by Gasteiger charge is 2.25. The van der Waals surface area contributed by atoms with E-state index in [4.69, 9.17) is 15.4 Å². The summed E-state index contributed by atoms with van der Waals surface area (Å²) in [5, 5.41) is 3.51. The Kier molecular flexibility index (Phi) is 3.01. The average molecular weight is 173 g/mol. The van der Waals surface area contributed by atoms with Gasteiger partial charge >= 0.3 is 0 Å². The zero-order valence-corrected chi connectivity index (χ0v) is 6.74. The molecule has 1 atom stereocenters. The number of rotatable bonds is 3. The van der Waals surface area contributed by atoms with Crippen LogP contribution >= 0.6 is 0 Å². The van der Waals surface area contributed by atoms with Crippen molar-refractivity contribution in [2.75, 3.05) is 6.61 Å². The number of nitrogens with two attached hydrogens (primary N) is 1. The fraction of sp³-hybridized carbons (Fsp3) is 0.667. The highest BCUT2D eigenvalue weighted by Crippen LogP contribution is 2.11. The summed E-state index contributed by atoms with van der Waals surface area (Å²) in [7, 11) is 0. The van der Waals surface area contributed by atoms with Gasteiger partial charge in [0.15, 0.2) is 5.71 Å². The lowest BCUT2D eigenvalue weighted by Gasteiger charge is -2.05. The molecule has 1 aliphatic rings. The van der Waals surface area contributed by atoms with Gasteiger partial charge < -0.3 is 9.57 Å². The molecule has 1 rings (SSSR count). The predicted molar refractivity (Wildman–Crippen MR) is 40.9 cm³/mol. The van der Waals surface area contributed by atoms with Crippen molar-refractivity contribution in [1.82, 2.24) is 5.43 Å². The summed E-state index contributed by atoms with van der Waals surface area (Å²) >= 11 is 0. The minimum atomic E-state index is -0.442. The van der Waals surface area contributed by atoms with Crippen LogP contribution in [0.1, 0.15) is 13.3 Å². The zero-order valence-electron chi connectivity index (χ0n) is 6.74. The second kappa shape index (κ2) is 4.03. The largest absolute Gasteiger partial charge is 0.363 e. The fourth-order valence-electron chi connectivity index (χ4n) is 0.848. The van der Waals surface area contributed by atoms with Crippen LogP contribution in [0.15, 0.2) is 5.16 Å². The van der Waals surface area contributed by atoms with E-state index >= 15 is 0 Å². The highest BCUT2D eigenvalue weighted by atomic mass is 16.8. The SMILES string of the molecule is CCOC1CC(C(=O)NN)=NO1. The summed E-state index contributed by atoms with van der Waals surface area (Å²) < 4.78 is 5.07. The van der Waals surface area contributed by atoms with Crippen molar-refractivity contribution in [3.05, 3.63) is 0 Å². The number of hydrogen-bond acceptors (Lipinski definition) is 5. The average Bonchev–Trinajstić information content (AvgIpc) is 2.52. The summed E-state index contributed by atoms with van der Waals surface area (Å²) in [5.41, 5.74) is 2.22. The molecule has 3 N–H and O–H groups in total. The van der Waals surface area contributed by atoms with Gasteiger partial charge in [-0.1, -0.05) is 5.16 Å². The monoisotopic (exact) mass is 173 g/mol. The number of amides is 1. The molecule has 6 nitrogen and oxygen atoms in total. The summed E-state index contributed by atoms with van der Waals surface area (Å²) in [6, 6.07) is 0. The smallest absolute Gasteiger partial charge is 0.283 e. The molecular weight excluding hydrogens is 162 g/mol. The van der Waals surface area contributed by atoms with Crippen LogP contribution in [0.3, 0.4) is 0 Å². The Bertz CT molecular complexity index is 204. The zero-order chi connectivity index (χ0) is 8.97. The Labute approximate surface area is 69.7 Å². The van der Waals surface area contributed by atoms with Gasteiger partial charge in [-0.05, 0) is 6.92 Å². The van der Waals surface area contributed by atoms with Gasteiger partial charge in [-0.15, -0.1) is 0 Å². The minimum Gasteiger partial charge on any atom is -0.363 e. The van der Waals surface area contributed by atoms with Crippen LogP contribution < -0.4 is 11.3 Å². The van der Waals surface area contributed by atoms with Gasteiger partial charge in [0.25, 0.3) is 5.91 Å². The van der Waals surface area contributed by atoms with Crippen LogP contribution in [-0.2, 0) is 14.4 Å². The van der Waals surface area contributed by atoms with Crippen molar-refractivity contribution in [2.45, 2.75) is 19.6 Å². The first kappa shape index (κ1) is 8.95. The van der Waals surface area contributed by atoms with Gasteiger partial charge in [-0.2, -0.15) is 0 Å². The van der Waals surface area contributed by atoms with E-state index in [1.807, 2.05) is 12.3 Å². The summed E-state index contributed by atoms with van der Waals surface area (Å²) in [6.45, 7) is 2.36. The molecule has 0 aromatic rings. The molecule has 0 radical (unpaired) electrons. The summed E-state index contributed by atoms with van der Waals surface area (Å²) in [4.78, 5) is 15.6. The molecule has 6 heteroatoms. The molecule has 1 heterocycles. The number of carbonyl (C=O) groups is 1. The van der Waals surface area contributed by atoms with E-state index in [0.717, 1.165) is 0 Å². The van der Waals surface area contributed by atoms with Crippen LogP contribution in [0.25, 0.3) is 0 Å². The normalized spacial score (nSPS) is 21.5. The van der Waals surface area contributed by atoms with Gasteiger partial charge in [0.2, 0.25) is 6.29 Å². The van der Waals surface area contributed by atoms with Crippen molar-refractivity contribution in [2.24, 2.45) is 11.0 Å². The van der Waals surface area contributed by atoms with Crippen LogP contribution in [0.5, 0.6) is 0 Å². The molecule has 0 fully saturated rings. The molecule has 0 saturated heterocycles. The van der Waals surface area contributed by atoms with Crippen molar-refractivity contribution in [1.29, 1.82) is 0 Å². The van der Waals surface area contributed by atoms with Crippen molar-refractivity contribution >= 4 is 11.6 Å². The van der Waals surface area contributed by atoms with E-state index in [2.05, 4.69) is 5.16 Å². The first-order valence-electron chi connectivity index (χ1n) is 3.63. The fourth-order valence-corrected chi connectivity index (χ4v) is 0.848. The van der Waals surface area contributed by atoms with Gasteiger partial charge in [0.1, 0.15) is 0 Å². The molecule has 1 unspecified atom stereocenters. The number of nitrogens with zero attached hydrogens (tertiary/aromatic N) is 1. The van der Waals surface area contributed by atoms with E-state index in [-0.39, 0.29) is 5.71 Å². The van der Waals surface area contributed by atoms with Crippen molar-refractivity contribution < 1.29 is 14.4 Å². The highest BCUT2D eigenvalue weighted by molar-refractivity contribution is 6.38. The van der Waals surface area contributed by atoms with Crippen LogP contribution in [0.2, 0.25) is 0 Å². The molecule has 0 spiro atoms. The van der Waals surface area contributed by atoms with Gasteiger partial charge in [-0.25, -0.2) is 5.84 Å². The molecule has 0 bridgehead atoms. The van der Waals surface area contributed by atoms with Gasteiger partial charge in [0.05, 0.1) is 6.42 Å². The van der Waals surface area contributed by atoms with E-state index in [9.17, 15) is 4.79 Å². The number of carbonyl (C=O) groups excluding carboxylic acids is 1. The standard InChI is InChI=1S/C6H11N3O3/c1-2-11-5-3-4(9-12-5)6(10)8-7/h5H,2-3,7H2,1H3,(H,8,10). The first-order valence-corrected chi connectivity index (χ1v) is 3.63. The Hall–Kier alpha value is -1.14. The lowest BCUT2D eigenvalue weighted by atomic mass is 10.2. The molecule has 68 valence electrons. The topological polar surface area (TPSA) is 85.9 Å². The van der Waals surface area contributed by atoms with Crippen LogP contribution in [0, 0.1) is 0 Å². The Morgan fingerprint density at radius 2 is 2.75 bits per heavy atom.